The highest BCUT2D eigenvalue weighted by Gasteiger charge is 2.48. The molecule has 4 N–H and O–H groups in total. The Morgan fingerprint density at radius 3 is 2.47 bits per heavy atom. The van der Waals surface area contributed by atoms with Crippen molar-refractivity contribution < 1.29 is 22.7 Å². The van der Waals surface area contributed by atoms with E-state index in [1.54, 1.807) is 0 Å². The van der Waals surface area contributed by atoms with Crippen LogP contribution in [0.5, 0.6) is 0 Å². The van der Waals surface area contributed by atoms with Gasteiger partial charge in [0.2, 0.25) is 0 Å². The number of aliphatic hydroxyl groups is 1. The second-order valence-electron chi connectivity index (χ2n) is 8.12. The molecule has 2 aromatic carbocycles. The number of ketones is 1. The van der Waals surface area contributed by atoms with Gasteiger partial charge < -0.3 is 16.2 Å². The molecular weight excluding hydrogens is 433 g/mol. The lowest BCUT2D eigenvalue weighted by Gasteiger charge is -2.39. The number of hydrogen-bond acceptors (Lipinski definition) is 6. The van der Waals surface area contributed by atoms with Crippen LogP contribution in [0, 0.1) is 5.82 Å². The third kappa shape index (κ3) is 3.28. The fourth-order valence-corrected chi connectivity index (χ4v) is 5.87. The normalized spacial score (nSPS) is 18.5. The number of rotatable bonds is 5. The maximum atomic E-state index is 14.1. The minimum atomic E-state index is -4.18. The van der Waals surface area contributed by atoms with Crippen LogP contribution < -0.4 is 11.1 Å². The van der Waals surface area contributed by atoms with E-state index in [9.17, 15) is 22.7 Å². The fraction of sp³-hybridized carbons (Fsp3) is 0.304. The molecule has 1 aliphatic carbocycles. The summed E-state index contributed by atoms with van der Waals surface area (Å²) in [6, 6.07) is 8.24. The smallest absolute Gasteiger partial charge is 0.286 e. The van der Waals surface area contributed by atoms with Crippen molar-refractivity contribution in [1.82, 2.24) is 0 Å². The lowest BCUT2D eigenvalue weighted by molar-refractivity contribution is -0.121. The van der Waals surface area contributed by atoms with Crippen LogP contribution in [0.2, 0.25) is 0 Å². The van der Waals surface area contributed by atoms with Gasteiger partial charge >= 0.3 is 0 Å². The molecule has 32 heavy (non-hydrogen) atoms. The van der Waals surface area contributed by atoms with Crippen LogP contribution in [0.1, 0.15) is 50.7 Å². The summed E-state index contributed by atoms with van der Waals surface area (Å²) in [5, 5.41) is 13.9. The number of nitrogens with one attached hydrogen (secondary N) is 1. The van der Waals surface area contributed by atoms with Crippen LogP contribution in [0.15, 0.2) is 51.3 Å². The first-order valence-corrected chi connectivity index (χ1v) is 11.9. The van der Waals surface area contributed by atoms with Gasteiger partial charge in [-0.1, -0.05) is 32.8 Å². The second-order valence-corrected chi connectivity index (χ2v) is 9.69. The van der Waals surface area contributed by atoms with Crippen molar-refractivity contribution in [2.45, 2.75) is 49.8 Å². The maximum absolute atomic E-state index is 14.1. The van der Waals surface area contributed by atoms with Gasteiger partial charge in [-0.2, -0.15) is 8.42 Å². The number of nitrogens with two attached hydrogens (primary N) is 1. The van der Waals surface area contributed by atoms with Crippen LogP contribution in [0.4, 0.5) is 15.8 Å². The highest BCUT2D eigenvalue weighted by Crippen LogP contribution is 2.46. The van der Waals surface area contributed by atoms with Gasteiger partial charge in [-0.25, -0.2) is 4.39 Å². The Morgan fingerprint density at radius 2 is 1.81 bits per heavy atom. The first kappa shape index (κ1) is 22.0. The van der Waals surface area contributed by atoms with E-state index in [-0.39, 0.29) is 33.2 Å². The molecular formula is C23H24FN3O4S. The van der Waals surface area contributed by atoms with Crippen LogP contribution in [-0.2, 0) is 20.2 Å². The zero-order chi connectivity index (χ0) is 23.3. The Kier molecular flexibility index (Phi) is 5.32. The molecule has 9 heteroatoms. The van der Waals surface area contributed by atoms with Crippen LogP contribution in [0.3, 0.4) is 0 Å². The number of halogens is 1. The van der Waals surface area contributed by atoms with E-state index in [1.807, 2.05) is 13.8 Å². The van der Waals surface area contributed by atoms with Gasteiger partial charge in [0.05, 0.1) is 11.1 Å². The van der Waals surface area contributed by atoms with Crippen molar-refractivity contribution >= 4 is 38.8 Å². The average molecular weight is 458 g/mol. The van der Waals surface area contributed by atoms with E-state index < -0.39 is 32.8 Å². The molecule has 0 saturated heterocycles. The zero-order valence-corrected chi connectivity index (χ0v) is 18.6. The number of hydrogen-bond donors (Lipinski definition) is 3. The summed E-state index contributed by atoms with van der Waals surface area (Å²) in [5.41, 5.74) is 5.59. The minimum absolute atomic E-state index is 0.121. The van der Waals surface area contributed by atoms with Crippen molar-refractivity contribution in [1.29, 1.82) is 0 Å². The van der Waals surface area contributed by atoms with Gasteiger partial charge in [-0.05, 0) is 48.7 Å². The molecule has 0 radical (unpaired) electrons. The molecule has 1 heterocycles. The molecule has 7 nitrogen and oxygen atoms in total. The summed E-state index contributed by atoms with van der Waals surface area (Å²) in [5.74, 6) is -1.78. The van der Waals surface area contributed by atoms with Crippen molar-refractivity contribution in [3.63, 3.8) is 0 Å². The SMILES string of the molecule is CCCC1(CCC)C(=O)C(C2=NS(=O)(=O)c3cc(N)ccc3N2)=C(O)c2cc(F)ccc21. The highest BCUT2D eigenvalue weighted by molar-refractivity contribution is 7.90. The van der Waals surface area contributed by atoms with Gasteiger partial charge in [0.15, 0.2) is 11.6 Å². The first-order chi connectivity index (χ1) is 15.1. The van der Waals surface area contributed by atoms with Crippen LogP contribution >= 0.6 is 0 Å². The molecule has 2 aliphatic rings. The van der Waals surface area contributed by atoms with Crippen molar-refractivity contribution in [3.05, 3.63) is 58.9 Å². The molecule has 0 atom stereocenters. The average Bonchev–Trinajstić information content (AvgIpc) is 2.73. The third-order valence-corrected chi connectivity index (χ3v) is 7.31. The molecule has 1 aliphatic heterocycles. The summed E-state index contributed by atoms with van der Waals surface area (Å²) in [4.78, 5) is 13.8. The number of aliphatic hydroxyl groups excluding tert-OH is 1. The number of fused-ring (bicyclic) bond motifs is 2. The Hall–Kier alpha value is -3.20. The summed E-state index contributed by atoms with van der Waals surface area (Å²) < 4.78 is 43.6. The minimum Gasteiger partial charge on any atom is -0.506 e. The molecule has 0 amide bonds. The number of Topliss-reactive ketones (excluding diaryl/α,β-unsaturated/α-hetero) is 1. The topological polar surface area (TPSA) is 122 Å². The quantitative estimate of drug-likeness (QED) is 0.575. The van der Waals surface area contributed by atoms with Crippen molar-refractivity contribution in [3.8, 4) is 0 Å². The predicted molar refractivity (Wildman–Crippen MR) is 122 cm³/mol. The van der Waals surface area contributed by atoms with Gasteiger partial charge in [0.25, 0.3) is 10.0 Å². The van der Waals surface area contributed by atoms with E-state index in [4.69, 9.17) is 5.73 Å². The first-order valence-electron chi connectivity index (χ1n) is 10.4. The van der Waals surface area contributed by atoms with Crippen molar-refractivity contribution in [2.75, 3.05) is 11.1 Å². The standard InChI is InChI=1S/C23H24FN3O4S/c1-3-9-23(10-4-2)16-7-5-13(24)11-15(16)20(28)19(21(23)29)22-26-17-8-6-14(25)12-18(17)32(30,31)27-22/h5-8,11-12,28H,3-4,9-10,25H2,1-2H3,(H,26,27). The fourth-order valence-electron chi connectivity index (χ4n) is 4.71. The van der Waals surface area contributed by atoms with Gasteiger partial charge in [0.1, 0.15) is 22.0 Å². The predicted octanol–water partition coefficient (Wildman–Crippen LogP) is 4.31. The Balaban J connectivity index is 1.98. The number of amidine groups is 1. The lowest BCUT2D eigenvalue weighted by Crippen LogP contribution is -2.44. The number of carbonyl (C=O) groups excluding carboxylic acids is 1. The molecule has 0 fully saturated rings. The molecule has 0 aromatic heterocycles. The van der Waals surface area contributed by atoms with Gasteiger partial charge in [0, 0.05) is 11.3 Å². The van der Waals surface area contributed by atoms with Crippen LogP contribution in [0.25, 0.3) is 5.76 Å². The third-order valence-electron chi connectivity index (χ3n) is 5.99. The summed E-state index contributed by atoms with van der Waals surface area (Å²) >= 11 is 0. The van der Waals surface area contributed by atoms with E-state index in [0.717, 1.165) is 0 Å². The second kappa shape index (κ2) is 7.74. The maximum Gasteiger partial charge on any atom is 0.286 e. The molecule has 2 aromatic rings. The molecule has 168 valence electrons. The number of sulfonamides is 1. The molecule has 0 spiro atoms. The van der Waals surface area contributed by atoms with Gasteiger partial charge in [-0.15, -0.1) is 4.40 Å². The van der Waals surface area contributed by atoms with E-state index >= 15 is 0 Å². The van der Waals surface area contributed by atoms with Crippen molar-refractivity contribution in [2.24, 2.45) is 4.40 Å². The molecule has 0 bridgehead atoms. The number of carbonyl (C=O) groups is 1. The Labute approximate surface area is 185 Å². The molecule has 4 rings (SSSR count). The lowest BCUT2D eigenvalue weighted by atomic mass is 9.63. The molecule has 0 saturated carbocycles. The largest absolute Gasteiger partial charge is 0.506 e. The Morgan fingerprint density at radius 1 is 1.12 bits per heavy atom. The summed E-state index contributed by atoms with van der Waals surface area (Å²) in [7, 11) is -4.18. The number of nitrogens with zero attached hydrogens (tertiary/aromatic N) is 1. The monoisotopic (exact) mass is 457 g/mol. The Bertz CT molecular complexity index is 1290. The summed E-state index contributed by atoms with van der Waals surface area (Å²) in [6.45, 7) is 3.88. The molecule has 0 unspecified atom stereocenters. The highest BCUT2D eigenvalue weighted by atomic mass is 32.2. The van der Waals surface area contributed by atoms with E-state index in [0.29, 0.717) is 31.2 Å². The van der Waals surface area contributed by atoms with Gasteiger partial charge in [-0.3, -0.25) is 4.79 Å². The number of benzene rings is 2. The number of nitrogen functional groups attached to an aromatic ring is 1. The number of anilines is 2. The zero-order valence-electron chi connectivity index (χ0n) is 17.8. The summed E-state index contributed by atoms with van der Waals surface area (Å²) in [6.07, 6.45) is 2.25. The van der Waals surface area contributed by atoms with E-state index in [2.05, 4.69) is 9.71 Å². The van der Waals surface area contributed by atoms with Crippen LogP contribution in [-0.4, -0.2) is 25.1 Å². The van der Waals surface area contributed by atoms with E-state index in [1.165, 1.54) is 36.4 Å².